The number of amides is 1. The van der Waals surface area contributed by atoms with Crippen LogP contribution >= 0.6 is 0 Å². The summed E-state index contributed by atoms with van der Waals surface area (Å²) in [6.45, 7) is 0.520. The van der Waals surface area contributed by atoms with Crippen LogP contribution in [0, 0.1) is 0 Å². The van der Waals surface area contributed by atoms with Gasteiger partial charge in [-0.05, 0) is 36.8 Å². The van der Waals surface area contributed by atoms with Crippen LogP contribution in [0.2, 0.25) is 0 Å². The molecule has 0 bridgehead atoms. The van der Waals surface area contributed by atoms with Crippen LogP contribution in [0.1, 0.15) is 28.6 Å². The van der Waals surface area contributed by atoms with Crippen molar-refractivity contribution in [2.45, 2.75) is 19.0 Å². The molecule has 1 unspecified atom stereocenters. The number of hydrogen-bond acceptors (Lipinski definition) is 6. The van der Waals surface area contributed by atoms with Crippen LogP contribution in [0.25, 0.3) is 22.3 Å². The molecule has 4 aromatic rings. The highest BCUT2D eigenvalue weighted by Gasteiger charge is 2.27. The molecule has 8 nitrogen and oxygen atoms in total. The minimum Gasteiger partial charge on any atom is -0.342 e. The first-order chi connectivity index (χ1) is 14.2. The summed E-state index contributed by atoms with van der Waals surface area (Å²) in [4.78, 5) is 42.5. The van der Waals surface area contributed by atoms with Gasteiger partial charge in [-0.3, -0.25) is 29.1 Å². The third-order valence-corrected chi connectivity index (χ3v) is 5.00. The molecule has 29 heavy (non-hydrogen) atoms. The average Bonchev–Trinajstić information content (AvgIpc) is 3.17. The lowest BCUT2D eigenvalue weighted by Crippen LogP contribution is -2.29. The third-order valence-electron chi connectivity index (χ3n) is 5.00. The first kappa shape index (κ1) is 17.2. The lowest BCUT2D eigenvalue weighted by atomic mass is 10.1. The molecule has 0 spiro atoms. The first-order valence-corrected chi connectivity index (χ1v) is 9.23. The fraction of sp³-hybridized carbons (Fsp3) is 0.143. The predicted octanol–water partition coefficient (Wildman–Crippen LogP) is 2.12. The number of carbonyl (C=O) groups is 1. The standard InChI is InChI=1S/C21H16N6O2/c28-19-12-17(13-3-6-22-7-4-13)25-20-16(5-10-27(19)20)26-21(29)14-1-2-15-18(11-14)24-9-8-23-15/h1-4,6-9,11-12,16H,5,10H2,(H,26,29). The van der Waals surface area contributed by atoms with Gasteiger partial charge in [-0.15, -0.1) is 0 Å². The molecule has 1 aliphatic heterocycles. The number of fused-ring (bicyclic) bond motifs is 2. The second-order valence-electron chi connectivity index (χ2n) is 6.80. The first-order valence-electron chi connectivity index (χ1n) is 9.23. The number of nitrogens with one attached hydrogen (secondary N) is 1. The molecule has 5 rings (SSSR count). The van der Waals surface area contributed by atoms with Gasteiger partial charge in [-0.25, -0.2) is 4.98 Å². The molecule has 4 heterocycles. The van der Waals surface area contributed by atoms with Crippen LogP contribution < -0.4 is 10.9 Å². The van der Waals surface area contributed by atoms with Gasteiger partial charge in [0.1, 0.15) is 5.82 Å². The van der Waals surface area contributed by atoms with E-state index >= 15 is 0 Å². The number of benzene rings is 1. The molecule has 0 fully saturated rings. The Labute approximate surface area is 165 Å². The molecule has 1 aromatic carbocycles. The Morgan fingerprint density at radius 3 is 2.62 bits per heavy atom. The number of aromatic nitrogens is 5. The van der Waals surface area contributed by atoms with E-state index in [0.29, 0.717) is 35.6 Å². The lowest BCUT2D eigenvalue weighted by Gasteiger charge is -2.14. The number of carbonyl (C=O) groups excluding carboxylic acids is 1. The van der Waals surface area contributed by atoms with E-state index in [1.54, 1.807) is 59.7 Å². The summed E-state index contributed by atoms with van der Waals surface area (Å²) < 4.78 is 1.61. The van der Waals surface area contributed by atoms with E-state index in [1.165, 1.54) is 6.07 Å². The molecule has 1 aliphatic rings. The minimum atomic E-state index is -0.338. The van der Waals surface area contributed by atoms with E-state index in [9.17, 15) is 9.59 Å². The smallest absolute Gasteiger partial charge is 0.254 e. The lowest BCUT2D eigenvalue weighted by molar-refractivity contribution is 0.0936. The van der Waals surface area contributed by atoms with Gasteiger partial charge in [0.2, 0.25) is 0 Å². The number of pyridine rings is 1. The Balaban J connectivity index is 1.46. The quantitative estimate of drug-likeness (QED) is 0.580. The van der Waals surface area contributed by atoms with Crippen LogP contribution in [0.5, 0.6) is 0 Å². The van der Waals surface area contributed by atoms with Crippen molar-refractivity contribution in [1.82, 2.24) is 29.8 Å². The van der Waals surface area contributed by atoms with E-state index in [4.69, 9.17) is 0 Å². The minimum absolute atomic E-state index is 0.125. The Bertz CT molecular complexity index is 1290. The van der Waals surface area contributed by atoms with Crippen molar-refractivity contribution >= 4 is 16.9 Å². The van der Waals surface area contributed by atoms with Crippen molar-refractivity contribution in [3.63, 3.8) is 0 Å². The second-order valence-corrected chi connectivity index (χ2v) is 6.80. The average molecular weight is 384 g/mol. The van der Waals surface area contributed by atoms with Crippen LogP contribution in [0.3, 0.4) is 0 Å². The number of hydrogen-bond donors (Lipinski definition) is 1. The molecule has 0 aliphatic carbocycles. The Hall–Kier alpha value is -3.94. The van der Waals surface area contributed by atoms with E-state index in [1.807, 2.05) is 0 Å². The molecule has 0 radical (unpaired) electrons. The van der Waals surface area contributed by atoms with Crippen molar-refractivity contribution in [2.75, 3.05) is 0 Å². The van der Waals surface area contributed by atoms with Gasteiger partial charge < -0.3 is 5.32 Å². The van der Waals surface area contributed by atoms with Crippen LogP contribution in [0.15, 0.2) is 66.0 Å². The predicted molar refractivity (Wildman–Crippen MR) is 106 cm³/mol. The maximum absolute atomic E-state index is 12.8. The molecule has 0 saturated heterocycles. The van der Waals surface area contributed by atoms with Crippen molar-refractivity contribution in [2.24, 2.45) is 0 Å². The molecular formula is C21H16N6O2. The SMILES string of the molecule is O=C(NC1CCn2c1nc(-c1ccncc1)cc2=O)c1ccc2nccnc2c1. The molecule has 1 atom stereocenters. The number of rotatable bonds is 3. The largest absolute Gasteiger partial charge is 0.342 e. The van der Waals surface area contributed by atoms with E-state index in [0.717, 1.165) is 11.1 Å². The summed E-state index contributed by atoms with van der Waals surface area (Å²) in [5, 5.41) is 3.00. The van der Waals surface area contributed by atoms with Gasteiger partial charge in [0.05, 0.1) is 22.8 Å². The van der Waals surface area contributed by atoms with Crippen LogP contribution in [-0.4, -0.2) is 30.4 Å². The van der Waals surface area contributed by atoms with Crippen molar-refractivity contribution in [3.8, 4) is 11.3 Å². The van der Waals surface area contributed by atoms with Gasteiger partial charge in [0.25, 0.3) is 11.5 Å². The summed E-state index contributed by atoms with van der Waals surface area (Å²) in [6.07, 6.45) is 7.13. The van der Waals surface area contributed by atoms with Crippen molar-refractivity contribution in [1.29, 1.82) is 0 Å². The molecule has 0 saturated carbocycles. The summed E-state index contributed by atoms with van der Waals surface area (Å²) in [7, 11) is 0. The Morgan fingerprint density at radius 2 is 1.79 bits per heavy atom. The highest BCUT2D eigenvalue weighted by molar-refractivity contribution is 5.97. The van der Waals surface area contributed by atoms with Crippen LogP contribution in [0.4, 0.5) is 0 Å². The van der Waals surface area contributed by atoms with E-state index in [2.05, 4.69) is 25.3 Å². The molecule has 142 valence electrons. The highest BCUT2D eigenvalue weighted by Crippen LogP contribution is 2.25. The zero-order chi connectivity index (χ0) is 19.8. The van der Waals surface area contributed by atoms with Gasteiger partial charge in [-0.2, -0.15) is 0 Å². The van der Waals surface area contributed by atoms with E-state index < -0.39 is 0 Å². The Kier molecular flexibility index (Phi) is 4.09. The Morgan fingerprint density at radius 1 is 1.00 bits per heavy atom. The fourth-order valence-corrected chi connectivity index (χ4v) is 3.56. The molecular weight excluding hydrogens is 368 g/mol. The van der Waals surface area contributed by atoms with Gasteiger partial charge in [0, 0.05) is 48.5 Å². The summed E-state index contributed by atoms with van der Waals surface area (Å²) in [5.41, 5.74) is 3.13. The van der Waals surface area contributed by atoms with Crippen molar-refractivity contribution < 1.29 is 4.79 Å². The van der Waals surface area contributed by atoms with E-state index in [-0.39, 0.29) is 17.5 Å². The third kappa shape index (κ3) is 3.14. The molecule has 1 amide bonds. The normalized spacial score (nSPS) is 15.2. The zero-order valence-electron chi connectivity index (χ0n) is 15.3. The fourth-order valence-electron chi connectivity index (χ4n) is 3.56. The second kappa shape index (κ2) is 6.90. The van der Waals surface area contributed by atoms with Gasteiger partial charge in [-0.1, -0.05) is 0 Å². The van der Waals surface area contributed by atoms with Crippen LogP contribution in [-0.2, 0) is 6.54 Å². The summed E-state index contributed by atoms with van der Waals surface area (Å²) in [6, 6.07) is 9.98. The zero-order valence-corrected chi connectivity index (χ0v) is 15.3. The maximum Gasteiger partial charge on any atom is 0.254 e. The van der Waals surface area contributed by atoms with Gasteiger partial charge in [0.15, 0.2) is 0 Å². The molecule has 1 N–H and O–H groups in total. The molecule has 3 aromatic heterocycles. The molecule has 8 heteroatoms. The summed E-state index contributed by atoms with van der Waals surface area (Å²) >= 11 is 0. The number of nitrogens with zero attached hydrogens (tertiary/aromatic N) is 5. The topological polar surface area (TPSA) is 103 Å². The van der Waals surface area contributed by atoms with Gasteiger partial charge >= 0.3 is 0 Å². The monoisotopic (exact) mass is 384 g/mol. The summed E-state index contributed by atoms with van der Waals surface area (Å²) in [5.74, 6) is 0.331. The maximum atomic E-state index is 12.8. The highest BCUT2D eigenvalue weighted by atomic mass is 16.2. The van der Waals surface area contributed by atoms with Crippen molar-refractivity contribution in [3.05, 3.63) is 82.9 Å².